The van der Waals surface area contributed by atoms with Crippen molar-refractivity contribution in [2.45, 2.75) is 19.5 Å². The van der Waals surface area contributed by atoms with Gasteiger partial charge < -0.3 is 4.52 Å². The lowest BCUT2D eigenvalue weighted by Gasteiger charge is -2.26. The second-order valence-corrected chi connectivity index (χ2v) is 6.99. The second-order valence-electron chi connectivity index (χ2n) is 6.99. The molecule has 3 heterocycles. The summed E-state index contributed by atoms with van der Waals surface area (Å²) in [5, 5.41) is 8.41. The number of aromatic nitrogens is 3. The Morgan fingerprint density at radius 1 is 1.04 bits per heavy atom. The smallest absolute Gasteiger partial charge is 0.143 e. The molecule has 28 heavy (non-hydrogen) atoms. The molecule has 0 spiro atoms. The van der Waals surface area contributed by atoms with Gasteiger partial charge in [0.2, 0.25) is 0 Å². The second kappa shape index (κ2) is 7.05. The Bertz CT molecular complexity index is 1090. The molecule has 0 amide bonds. The first-order valence-electron chi connectivity index (χ1n) is 9.31. The average molecular weight is 374 g/mol. The van der Waals surface area contributed by atoms with Gasteiger partial charge in [-0.3, -0.25) is 4.90 Å². The molecule has 0 saturated heterocycles. The van der Waals surface area contributed by atoms with Gasteiger partial charge in [-0.2, -0.15) is 5.10 Å². The highest BCUT2D eigenvalue weighted by atomic mass is 19.1. The van der Waals surface area contributed by atoms with E-state index in [1.165, 1.54) is 11.6 Å². The molecule has 2 aromatic heterocycles. The van der Waals surface area contributed by atoms with E-state index in [2.05, 4.69) is 39.4 Å². The molecule has 0 saturated carbocycles. The van der Waals surface area contributed by atoms with Gasteiger partial charge in [0.25, 0.3) is 0 Å². The third-order valence-electron chi connectivity index (χ3n) is 5.15. The largest absolute Gasteiger partial charge is 0.360 e. The summed E-state index contributed by atoms with van der Waals surface area (Å²) in [4.78, 5) is 2.34. The quantitative estimate of drug-likeness (QED) is 0.536. The van der Waals surface area contributed by atoms with Crippen LogP contribution in [0.4, 0.5) is 4.39 Å². The number of nitrogens with zero attached hydrogens (tertiary/aromatic N) is 4. The minimum absolute atomic E-state index is 0.273. The van der Waals surface area contributed by atoms with E-state index in [-0.39, 0.29) is 5.82 Å². The molecule has 0 unspecified atom stereocenters. The molecule has 0 bridgehead atoms. The van der Waals surface area contributed by atoms with Gasteiger partial charge in [0.1, 0.15) is 17.3 Å². The lowest BCUT2D eigenvalue weighted by Crippen LogP contribution is -2.29. The Morgan fingerprint density at radius 3 is 2.68 bits per heavy atom. The molecule has 0 fully saturated rings. The molecule has 2 aromatic carbocycles. The third-order valence-corrected chi connectivity index (χ3v) is 5.15. The Morgan fingerprint density at radius 2 is 1.89 bits per heavy atom. The van der Waals surface area contributed by atoms with Crippen molar-refractivity contribution in [1.82, 2.24) is 19.8 Å². The van der Waals surface area contributed by atoms with E-state index in [0.29, 0.717) is 17.8 Å². The first-order chi connectivity index (χ1) is 13.8. The van der Waals surface area contributed by atoms with Crippen LogP contribution in [0.3, 0.4) is 0 Å². The molecule has 6 heteroatoms. The van der Waals surface area contributed by atoms with E-state index in [9.17, 15) is 4.39 Å². The summed E-state index contributed by atoms with van der Waals surface area (Å²) in [7, 11) is 0. The van der Waals surface area contributed by atoms with Crippen molar-refractivity contribution < 1.29 is 8.91 Å². The van der Waals surface area contributed by atoms with Gasteiger partial charge in [0.05, 0.1) is 5.69 Å². The average Bonchev–Trinajstić information content (AvgIpc) is 3.39. The summed E-state index contributed by atoms with van der Waals surface area (Å²) in [5.74, 6) is 0.591. The van der Waals surface area contributed by atoms with Crippen LogP contribution in [0.25, 0.3) is 16.9 Å². The van der Waals surface area contributed by atoms with Crippen LogP contribution >= 0.6 is 0 Å². The van der Waals surface area contributed by atoms with E-state index < -0.39 is 0 Å². The third kappa shape index (κ3) is 3.12. The van der Waals surface area contributed by atoms with Crippen molar-refractivity contribution in [2.75, 3.05) is 6.54 Å². The number of benzene rings is 2. The summed E-state index contributed by atoms with van der Waals surface area (Å²) in [6.45, 7) is 2.41. The van der Waals surface area contributed by atoms with Crippen molar-refractivity contribution in [2.24, 2.45) is 0 Å². The lowest BCUT2D eigenvalue weighted by atomic mass is 10.0. The highest BCUT2D eigenvalue weighted by molar-refractivity contribution is 5.64. The molecule has 4 aromatic rings. The minimum atomic E-state index is -0.273. The zero-order valence-electron chi connectivity index (χ0n) is 15.3. The Hall–Kier alpha value is -3.25. The summed E-state index contributed by atoms with van der Waals surface area (Å²) < 4.78 is 21.6. The van der Waals surface area contributed by atoms with Gasteiger partial charge in [-0.05, 0) is 35.9 Å². The fourth-order valence-electron chi connectivity index (χ4n) is 3.70. The minimum Gasteiger partial charge on any atom is -0.360 e. The van der Waals surface area contributed by atoms with Crippen LogP contribution < -0.4 is 0 Å². The first-order valence-corrected chi connectivity index (χ1v) is 9.31. The van der Waals surface area contributed by atoms with E-state index in [0.717, 1.165) is 36.5 Å². The van der Waals surface area contributed by atoms with Crippen molar-refractivity contribution >= 4 is 0 Å². The molecular weight excluding hydrogens is 355 g/mol. The standard InChI is InChI=1S/C22H19FN4O/c23-20-5-2-1-4-18(20)22-19-15-26(13-10-21(19)28-25-22)14-16-6-8-17(9-7-16)27-12-3-11-24-27/h1-9,11-12H,10,13-15H2. The van der Waals surface area contributed by atoms with Crippen LogP contribution in [0.5, 0.6) is 0 Å². The molecule has 0 aliphatic carbocycles. The summed E-state index contributed by atoms with van der Waals surface area (Å²) in [6.07, 6.45) is 4.48. The Labute approximate surface area is 162 Å². The summed E-state index contributed by atoms with van der Waals surface area (Å²) >= 11 is 0. The first kappa shape index (κ1) is 16.9. The molecule has 5 rings (SSSR count). The van der Waals surface area contributed by atoms with Crippen LogP contribution in [0, 0.1) is 5.82 Å². The van der Waals surface area contributed by atoms with E-state index in [1.54, 1.807) is 18.3 Å². The van der Waals surface area contributed by atoms with Gasteiger partial charge in [-0.15, -0.1) is 0 Å². The van der Waals surface area contributed by atoms with Crippen molar-refractivity contribution in [3.63, 3.8) is 0 Å². The maximum Gasteiger partial charge on any atom is 0.143 e. The van der Waals surface area contributed by atoms with Crippen LogP contribution in [0.15, 0.2) is 71.5 Å². The van der Waals surface area contributed by atoms with Crippen LogP contribution in [0.1, 0.15) is 16.9 Å². The molecule has 0 N–H and O–H groups in total. The Kier molecular flexibility index (Phi) is 4.25. The lowest BCUT2D eigenvalue weighted by molar-refractivity contribution is 0.228. The van der Waals surface area contributed by atoms with Gasteiger partial charge in [-0.1, -0.05) is 29.4 Å². The SMILES string of the molecule is Fc1ccccc1-c1noc2c1CN(Cc1ccc(-n3cccn3)cc1)CC2. The molecule has 1 aliphatic heterocycles. The van der Waals surface area contributed by atoms with Crippen LogP contribution in [-0.4, -0.2) is 26.4 Å². The van der Waals surface area contributed by atoms with Crippen molar-refractivity contribution in [3.05, 3.63) is 89.7 Å². The number of rotatable bonds is 4. The summed E-state index contributed by atoms with van der Waals surface area (Å²) in [6, 6.07) is 17.0. The van der Waals surface area contributed by atoms with Crippen LogP contribution in [0.2, 0.25) is 0 Å². The molecule has 0 radical (unpaired) electrons. The predicted octanol–water partition coefficient (Wildman–Crippen LogP) is 4.22. The topological polar surface area (TPSA) is 47.1 Å². The molecule has 5 nitrogen and oxygen atoms in total. The van der Waals surface area contributed by atoms with Crippen molar-refractivity contribution in [3.8, 4) is 16.9 Å². The fourth-order valence-corrected chi connectivity index (χ4v) is 3.70. The predicted molar refractivity (Wildman–Crippen MR) is 103 cm³/mol. The van der Waals surface area contributed by atoms with E-state index in [4.69, 9.17) is 4.52 Å². The normalized spacial score (nSPS) is 14.2. The monoisotopic (exact) mass is 374 g/mol. The number of hydrogen-bond acceptors (Lipinski definition) is 4. The van der Waals surface area contributed by atoms with Gasteiger partial charge in [-0.25, -0.2) is 9.07 Å². The molecule has 0 atom stereocenters. The van der Waals surface area contributed by atoms with Crippen molar-refractivity contribution in [1.29, 1.82) is 0 Å². The fraction of sp³-hybridized carbons (Fsp3) is 0.182. The highest BCUT2D eigenvalue weighted by Crippen LogP contribution is 2.31. The maximum absolute atomic E-state index is 14.2. The summed E-state index contributed by atoms with van der Waals surface area (Å²) in [5.41, 5.74) is 4.37. The van der Waals surface area contributed by atoms with Gasteiger partial charge >= 0.3 is 0 Å². The molecular formula is C22H19FN4O. The highest BCUT2D eigenvalue weighted by Gasteiger charge is 2.26. The van der Waals surface area contributed by atoms with Gasteiger partial charge in [0.15, 0.2) is 0 Å². The van der Waals surface area contributed by atoms with Crippen LogP contribution in [-0.2, 0) is 19.5 Å². The zero-order valence-corrected chi connectivity index (χ0v) is 15.3. The Balaban J connectivity index is 1.35. The van der Waals surface area contributed by atoms with Gasteiger partial charge in [0, 0.05) is 49.6 Å². The zero-order chi connectivity index (χ0) is 18.9. The molecule has 1 aliphatic rings. The molecule has 140 valence electrons. The number of halogens is 1. The van der Waals surface area contributed by atoms with E-state index >= 15 is 0 Å². The number of hydrogen-bond donors (Lipinski definition) is 0. The number of fused-ring (bicyclic) bond motifs is 1. The van der Waals surface area contributed by atoms with E-state index in [1.807, 2.05) is 23.0 Å². The maximum atomic E-state index is 14.2.